The van der Waals surface area contributed by atoms with Gasteiger partial charge in [-0.2, -0.15) is 11.3 Å². The van der Waals surface area contributed by atoms with Gasteiger partial charge >= 0.3 is 0 Å². The third-order valence-corrected chi connectivity index (χ3v) is 3.83. The fraction of sp³-hybridized carbons (Fsp3) is 0.583. The molecule has 94 valence electrons. The highest BCUT2D eigenvalue weighted by atomic mass is 32.1. The highest BCUT2D eigenvalue weighted by Crippen LogP contribution is 2.20. The first kappa shape index (κ1) is 12.5. The summed E-state index contributed by atoms with van der Waals surface area (Å²) < 4.78 is 5.25. The fourth-order valence-electron chi connectivity index (χ4n) is 2.00. The standard InChI is InChI=1S/C12H17NO3S/c14-9-12(2-4-16-5-3-12)13-11(15)7-10-1-6-17-8-10/h1,6,8,14H,2-5,7,9H2,(H,13,15). The van der Waals surface area contributed by atoms with Crippen LogP contribution in [0.15, 0.2) is 16.8 Å². The van der Waals surface area contributed by atoms with Crippen molar-refractivity contribution in [1.29, 1.82) is 0 Å². The van der Waals surface area contributed by atoms with Gasteiger partial charge in [-0.1, -0.05) is 0 Å². The van der Waals surface area contributed by atoms with Crippen LogP contribution < -0.4 is 5.32 Å². The second kappa shape index (κ2) is 5.62. The lowest BCUT2D eigenvalue weighted by Gasteiger charge is -2.36. The maximum absolute atomic E-state index is 11.9. The van der Waals surface area contributed by atoms with E-state index in [2.05, 4.69) is 5.32 Å². The molecule has 0 spiro atoms. The van der Waals surface area contributed by atoms with Crippen molar-refractivity contribution >= 4 is 17.2 Å². The Morgan fingerprint density at radius 2 is 2.29 bits per heavy atom. The summed E-state index contributed by atoms with van der Waals surface area (Å²) in [5, 5.41) is 16.3. The van der Waals surface area contributed by atoms with Gasteiger partial charge in [0.05, 0.1) is 18.6 Å². The Hall–Kier alpha value is -0.910. The molecule has 2 rings (SSSR count). The number of thiophene rings is 1. The van der Waals surface area contributed by atoms with E-state index in [1.807, 2.05) is 16.8 Å². The Labute approximate surface area is 105 Å². The van der Waals surface area contributed by atoms with Crippen LogP contribution in [-0.4, -0.2) is 36.4 Å². The summed E-state index contributed by atoms with van der Waals surface area (Å²) in [6, 6.07) is 1.94. The highest BCUT2D eigenvalue weighted by Gasteiger charge is 2.33. The molecule has 0 unspecified atom stereocenters. The SMILES string of the molecule is O=C(Cc1ccsc1)NC1(CO)CCOCC1. The van der Waals surface area contributed by atoms with Gasteiger partial charge in [-0.25, -0.2) is 0 Å². The largest absolute Gasteiger partial charge is 0.394 e. The Morgan fingerprint density at radius 1 is 1.53 bits per heavy atom. The molecule has 1 aliphatic rings. The number of aliphatic hydroxyl groups is 1. The van der Waals surface area contributed by atoms with Crippen LogP contribution in [0.3, 0.4) is 0 Å². The van der Waals surface area contributed by atoms with E-state index in [0.29, 0.717) is 32.5 Å². The van der Waals surface area contributed by atoms with Crippen LogP contribution in [0.1, 0.15) is 18.4 Å². The molecule has 0 aromatic carbocycles. The number of amides is 1. The molecule has 0 radical (unpaired) electrons. The number of ether oxygens (including phenoxy) is 1. The molecule has 2 N–H and O–H groups in total. The molecule has 5 heteroatoms. The van der Waals surface area contributed by atoms with Gasteiger partial charge < -0.3 is 15.2 Å². The smallest absolute Gasteiger partial charge is 0.224 e. The van der Waals surface area contributed by atoms with Crippen LogP contribution in [-0.2, 0) is 16.0 Å². The number of hydrogen-bond acceptors (Lipinski definition) is 4. The van der Waals surface area contributed by atoms with E-state index in [0.717, 1.165) is 5.56 Å². The quantitative estimate of drug-likeness (QED) is 0.842. The molecule has 0 saturated carbocycles. The summed E-state index contributed by atoms with van der Waals surface area (Å²) in [5.41, 5.74) is 0.540. The van der Waals surface area contributed by atoms with Crippen LogP contribution in [0, 0.1) is 0 Å². The van der Waals surface area contributed by atoms with Gasteiger partial charge in [-0.3, -0.25) is 4.79 Å². The summed E-state index contributed by atoms with van der Waals surface area (Å²) >= 11 is 1.58. The Balaban J connectivity index is 1.91. The van der Waals surface area contributed by atoms with Gasteiger partial charge in [-0.15, -0.1) is 0 Å². The van der Waals surface area contributed by atoms with Crippen molar-refractivity contribution in [1.82, 2.24) is 5.32 Å². The average Bonchev–Trinajstić information content (AvgIpc) is 2.83. The van der Waals surface area contributed by atoms with Gasteiger partial charge in [0, 0.05) is 13.2 Å². The first-order chi connectivity index (χ1) is 8.24. The summed E-state index contributed by atoms with van der Waals surface area (Å²) in [4.78, 5) is 11.9. The molecule has 1 aliphatic heterocycles. The molecule has 4 nitrogen and oxygen atoms in total. The summed E-state index contributed by atoms with van der Waals surface area (Å²) in [6.45, 7) is 1.17. The van der Waals surface area contributed by atoms with Crippen LogP contribution >= 0.6 is 11.3 Å². The minimum Gasteiger partial charge on any atom is -0.394 e. The van der Waals surface area contributed by atoms with E-state index in [4.69, 9.17) is 4.74 Å². The molecule has 1 saturated heterocycles. The van der Waals surface area contributed by atoms with E-state index in [9.17, 15) is 9.90 Å². The lowest BCUT2D eigenvalue weighted by atomic mass is 9.90. The minimum absolute atomic E-state index is 0.0221. The number of aliphatic hydroxyl groups excluding tert-OH is 1. The van der Waals surface area contributed by atoms with Gasteiger partial charge in [0.25, 0.3) is 0 Å². The predicted octanol–water partition coefficient (Wildman–Crippen LogP) is 0.948. The van der Waals surface area contributed by atoms with Crippen molar-refractivity contribution in [3.8, 4) is 0 Å². The Bertz CT molecular complexity index is 358. The second-order valence-electron chi connectivity index (χ2n) is 4.41. The summed E-state index contributed by atoms with van der Waals surface area (Å²) in [6.07, 6.45) is 1.74. The van der Waals surface area contributed by atoms with E-state index in [-0.39, 0.29) is 12.5 Å². The number of carbonyl (C=O) groups excluding carboxylic acids is 1. The highest BCUT2D eigenvalue weighted by molar-refractivity contribution is 7.07. The molecule has 2 heterocycles. The van der Waals surface area contributed by atoms with Crippen molar-refractivity contribution < 1.29 is 14.6 Å². The fourth-order valence-corrected chi connectivity index (χ4v) is 2.67. The molecule has 1 aromatic rings. The van der Waals surface area contributed by atoms with E-state index >= 15 is 0 Å². The van der Waals surface area contributed by atoms with Crippen molar-refractivity contribution in [2.45, 2.75) is 24.8 Å². The maximum Gasteiger partial charge on any atom is 0.224 e. The Kier molecular flexibility index (Phi) is 4.15. The normalized spacial score (nSPS) is 18.9. The van der Waals surface area contributed by atoms with Crippen molar-refractivity contribution in [2.24, 2.45) is 0 Å². The molecule has 17 heavy (non-hydrogen) atoms. The molecular formula is C12H17NO3S. The van der Waals surface area contributed by atoms with Crippen LogP contribution in [0.2, 0.25) is 0 Å². The van der Waals surface area contributed by atoms with E-state index in [1.165, 1.54) is 0 Å². The van der Waals surface area contributed by atoms with Gasteiger partial charge in [-0.05, 0) is 35.2 Å². The monoisotopic (exact) mass is 255 g/mol. The minimum atomic E-state index is -0.481. The third kappa shape index (κ3) is 3.28. The zero-order chi connectivity index (χ0) is 12.1. The Morgan fingerprint density at radius 3 is 2.88 bits per heavy atom. The first-order valence-electron chi connectivity index (χ1n) is 5.75. The van der Waals surface area contributed by atoms with E-state index in [1.54, 1.807) is 11.3 Å². The molecule has 1 aromatic heterocycles. The van der Waals surface area contributed by atoms with Crippen LogP contribution in [0.4, 0.5) is 0 Å². The topological polar surface area (TPSA) is 58.6 Å². The number of nitrogens with one attached hydrogen (secondary N) is 1. The number of hydrogen-bond donors (Lipinski definition) is 2. The lowest BCUT2D eigenvalue weighted by Crippen LogP contribution is -2.55. The molecule has 0 atom stereocenters. The van der Waals surface area contributed by atoms with Crippen LogP contribution in [0.5, 0.6) is 0 Å². The summed E-state index contributed by atoms with van der Waals surface area (Å²) in [7, 11) is 0. The van der Waals surface area contributed by atoms with Gasteiger partial charge in [0.1, 0.15) is 0 Å². The van der Waals surface area contributed by atoms with Crippen molar-refractivity contribution in [2.75, 3.05) is 19.8 Å². The maximum atomic E-state index is 11.9. The number of rotatable bonds is 4. The molecule has 1 amide bonds. The zero-order valence-electron chi connectivity index (χ0n) is 9.65. The van der Waals surface area contributed by atoms with Crippen molar-refractivity contribution in [3.63, 3.8) is 0 Å². The van der Waals surface area contributed by atoms with Gasteiger partial charge in [0.2, 0.25) is 5.91 Å². The second-order valence-corrected chi connectivity index (χ2v) is 5.19. The molecule has 0 aliphatic carbocycles. The molecule has 1 fully saturated rings. The number of carbonyl (C=O) groups is 1. The zero-order valence-corrected chi connectivity index (χ0v) is 10.5. The van der Waals surface area contributed by atoms with Crippen LogP contribution in [0.25, 0.3) is 0 Å². The molecular weight excluding hydrogens is 238 g/mol. The third-order valence-electron chi connectivity index (χ3n) is 3.10. The van der Waals surface area contributed by atoms with Gasteiger partial charge in [0.15, 0.2) is 0 Å². The average molecular weight is 255 g/mol. The first-order valence-corrected chi connectivity index (χ1v) is 6.69. The summed E-state index contributed by atoms with van der Waals surface area (Å²) in [5.74, 6) is -0.0284. The predicted molar refractivity (Wildman–Crippen MR) is 66.0 cm³/mol. The van der Waals surface area contributed by atoms with E-state index < -0.39 is 5.54 Å². The molecule has 0 bridgehead atoms. The van der Waals surface area contributed by atoms with Crippen molar-refractivity contribution in [3.05, 3.63) is 22.4 Å². The lowest BCUT2D eigenvalue weighted by molar-refractivity contribution is -0.124.